The van der Waals surface area contributed by atoms with Crippen molar-refractivity contribution >= 4 is 11.5 Å². The Kier molecular flexibility index (Phi) is 2.03. The van der Waals surface area contributed by atoms with E-state index in [0.717, 1.165) is 0 Å². The van der Waals surface area contributed by atoms with Crippen LogP contribution in [0.15, 0.2) is 18.2 Å². The van der Waals surface area contributed by atoms with Crippen LogP contribution in [-0.2, 0) is 0 Å². The fourth-order valence-electron chi connectivity index (χ4n) is 3.08. The zero-order chi connectivity index (χ0) is 11.3. The summed E-state index contributed by atoms with van der Waals surface area (Å²) in [6.45, 7) is 0. The average Bonchev–Trinajstić information content (AvgIpc) is 2.74. The van der Waals surface area contributed by atoms with Crippen molar-refractivity contribution < 1.29 is 9.18 Å². The first kappa shape index (κ1) is 9.82. The number of ketones is 1. The number of anilines is 1. The number of halogens is 1. The highest BCUT2D eigenvalue weighted by atomic mass is 19.1. The van der Waals surface area contributed by atoms with Gasteiger partial charge in [0.2, 0.25) is 0 Å². The summed E-state index contributed by atoms with van der Waals surface area (Å²) in [6.07, 6.45) is 3.58. The molecule has 2 aliphatic rings. The number of fused-ring (bicyclic) bond motifs is 1. The van der Waals surface area contributed by atoms with Crippen molar-refractivity contribution in [2.75, 3.05) is 5.73 Å². The first-order valence-electron chi connectivity index (χ1n) is 5.77. The van der Waals surface area contributed by atoms with Crippen LogP contribution in [0.1, 0.15) is 29.6 Å². The van der Waals surface area contributed by atoms with Gasteiger partial charge in [0.1, 0.15) is 5.82 Å². The molecule has 2 saturated carbocycles. The molecule has 0 bridgehead atoms. The van der Waals surface area contributed by atoms with Crippen molar-refractivity contribution in [2.24, 2.45) is 17.8 Å². The number of hydrogen-bond donors (Lipinski definition) is 1. The van der Waals surface area contributed by atoms with E-state index in [9.17, 15) is 9.18 Å². The van der Waals surface area contributed by atoms with Crippen molar-refractivity contribution in [3.05, 3.63) is 29.6 Å². The summed E-state index contributed by atoms with van der Waals surface area (Å²) in [7, 11) is 0. The maximum Gasteiger partial charge on any atom is 0.166 e. The Bertz CT molecular complexity index is 447. The molecule has 84 valence electrons. The topological polar surface area (TPSA) is 43.1 Å². The lowest BCUT2D eigenvalue weighted by molar-refractivity contribution is 0.0951. The lowest BCUT2D eigenvalue weighted by Gasteiger charge is -2.04. The second kappa shape index (κ2) is 3.30. The maximum absolute atomic E-state index is 13.2. The van der Waals surface area contributed by atoms with E-state index < -0.39 is 5.82 Å². The van der Waals surface area contributed by atoms with Gasteiger partial charge in [0.15, 0.2) is 5.78 Å². The van der Waals surface area contributed by atoms with Crippen LogP contribution < -0.4 is 5.73 Å². The van der Waals surface area contributed by atoms with Gasteiger partial charge in [0, 0.05) is 11.5 Å². The van der Waals surface area contributed by atoms with Gasteiger partial charge in [-0.05, 0) is 42.9 Å². The summed E-state index contributed by atoms with van der Waals surface area (Å²) in [6, 6.07) is 4.38. The molecule has 2 nitrogen and oxygen atoms in total. The highest BCUT2D eigenvalue weighted by molar-refractivity contribution is 6.00. The van der Waals surface area contributed by atoms with E-state index in [4.69, 9.17) is 5.73 Å². The Hall–Kier alpha value is -1.38. The number of nitrogen functional groups attached to an aromatic ring is 1. The van der Waals surface area contributed by atoms with E-state index in [-0.39, 0.29) is 17.4 Å². The fourth-order valence-corrected chi connectivity index (χ4v) is 3.08. The standard InChI is InChI=1S/C13H14FNO/c14-10-6-7(4-5-11(10)15)13(16)12-8-2-1-3-9(8)12/h4-6,8-9,12H,1-3,15H2. The molecule has 0 spiro atoms. The van der Waals surface area contributed by atoms with Crippen molar-refractivity contribution in [1.29, 1.82) is 0 Å². The van der Waals surface area contributed by atoms with Crippen molar-refractivity contribution in [3.8, 4) is 0 Å². The van der Waals surface area contributed by atoms with Gasteiger partial charge in [-0.2, -0.15) is 0 Å². The third-order valence-corrected chi connectivity index (χ3v) is 3.99. The molecule has 16 heavy (non-hydrogen) atoms. The van der Waals surface area contributed by atoms with Crippen LogP contribution in [0, 0.1) is 23.6 Å². The number of carbonyl (C=O) groups is 1. The monoisotopic (exact) mass is 219 g/mol. The van der Waals surface area contributed by atoms with E-state index in [2.05, 4.69) is 0 Å². The van der Waals surface area contributed by atoms with E-state index in [1.54, 1.807) is 6.07 Å². The summed E-state index contributed by atoms with van der Waals surface area (Å²) in [4.78, 5) is 12.1. The Balaban J connectivity index is 1.82. The molecule has 1 aromatic carbocycles. The first-order chi connectivity index (χ1) is 7.68. The molecule has 3 rings (SSSR count). The first-order valence-corrected chi connectivity index (χ1v) is 5.77. The Morgan fingerprint density at radius 3 is 2.62 bits per heavy atom. The molecular formula is C13H14FNO. The lowest BCUT2D eigenvalue weighted by Crippen LogP contribution is -2.07. The van der Waals surface area contributed by atoms with Crippen LogP contribution in [0.2, 0.25) is 0 Å². The fraction of sp³-hybridized carbons (Fsp3) is 0.462. The highest BCUT2D eigenvalue weighted by Gasteiger charge is 2.56. The molecule has 0 amide bonds. The van der Waals surface area contributed by atoms with Gasteiger partial charge in [-0.25, -0.2) is 4.39 Å². The van der Waals surface area contributed by atoms with Crippen molar-refractivity contribution in [2.45, 2.75) is 19.3 Å². The van der Waals surface area contributed by atoms with Crippen LogP contribution in [0.25, 0.3) is 0 Å². The van der Waals surface area contributed by atoms with Gasteiger partial charge >= 0.3 is 0 Å². The molecule has 0 saturated heterocycles. The van der Waals surface area contributed by atoms with Gasteiger partial charge in [-0.15, -0.1) is 0 Å². The predicted molar refractivity (Wildman–Crippen MR) is 59.5 cm³/mol. The second-order valence-electron chi connectivity index (χ2n) is 4.88. The van der Waals surface area contributed by atoms with Crippen LogP contribution in [0.5, 0.6) is 0 Å². The number of hydrogen-bond acceptors (Lipinski definition) is 2. The molecule has 0 heterocycles. The van der Waals surface area contributed by atoms with Crippen LogP contribution >= 0.6 is 0 Å². The van der Waals surface area contributed by atoms with Gasteiger partial charge in [0.05, 0.1) is 5.69 Å². The summed E-state index contributed by atoms with van der Waals surface area (Å²) in [5.41, 5.74) is 5.97. The van der Waals surface area contributed by atoms with Crippen LogP contribution in [0.4, 0.5) is 10.1 Å². The lowest BCUT2D eigenvalue weighted by atomic mass is 10.0. The third-order valence-electron chi connectivity index (χ3n) is 3.99. The van der Waals surface area contributed by atoms with Gasteiger partial charge in [-0.1, -0.05) is 6.42 Å². The number of nitrogens with two attached hydrogens (primary N) is 1. The molecule has 2 fully saturated rings. The molecule has 0 aromatic heterocycles. The second-order valence-corrected chi connectivity index (χ2v) is 4.88. The number of benzene rings is 1. The van der Waals surface area contributed by atoms with E-state index in [1.165, 1.54) is 31.4 Å². The molecule has 1 aromatic rings. The van der Waals surface area contributed by atoms with Gasteiger partial charge in [0.25, 0.3) is 0 Å². The van der Waals surface area contributed by atoms with E-state index >= 15 is 0 Å². The SMILES string of the molecule is Nc1ccc(C(=O)C2C3CCCC32)cc1F. The molecular weight excluding hydrogens is 205 g/mol. The Morgan fingerprint density at radius 1 is 1.31 bits per heavy atom. The molecule has 2 unspecified atom stereocenters. The Morgan fingerprint density at radius 2 is 2.00 bits per heavy atom. The number of rotatable bonds is 2. The maximum atomic E-state index is 13.2. The molecule has 2 N–H and O–H groups in total. The quantitative estimate of drug-likeness (QED) is 0.613. The van der Waals surface area contributed by atoms with E-state index in [0.29, 0.717) is 17.4 Å². The number of Topliss-reactive ketones (excluding diaryl/α,β-unsaturated/α-hetero) is 1. The smallest absolute Gasteiger partial charge is 0.166 e. The van der Waals surface area contributed by atoms with Crippen molar-refractivity contribution in [3.63, 3.8) is 0 Å². The zero-order valence-corrected chi connectivity index (χ0v) is 8.95. The minimum atomic E-state index is -0.489. The van der Waals surface area contributed by atoms with Gasteiger partial charge in [-0.3, -0.25) is 4.79 Å². The minimum Gasteiger partial charge on any atom is -0.396 e. The minimum absolute atomic E-state index is 0.104. The normalized spacial score (nSPS) is 31.2. The molecule has 2 aliphatic carbocycles. The Labute approximate surface area is 93.6 Å². The molecule has 2 atom stereocenters. The predicted octanol–water partition coefficient (Wildman–Crippen LogP) is 2.64. The van der Waals surface area contributed by atoms with Gasteiger partial charge < -0.3 is 5.73 Å². The highest BCUT2D eigenvalue weighted by Crippen LogP contribution is 2.58. The summed E-state index contributed by atoms with van der Waals surface area (Å²) in [5, 5.41) is 0. The summed E-state index contributed by atoms with van der Waals surface area (Å²) >= 11 is 0. The molecule has 0 radical (unpaired) electrons. The van der Waals surface area contributed by atoms with E-state index in [1.807, 2.05) is 0 Å². The summed E-state index contributed by atoms with van der Waals surface area (Å²) in [5.74, 6) is 0.934. The van der Waals surface area contributed by atoms with Crippen LogP contribution in [0.3, 0.4) is 0 Å². The average molecular weight is 219 g/mol. The molecule has 3 heteroatoms. The number of carbonyl (C=O) groups excluding carboxylic acids is 1. The molecule has 0 aliphatic heterocycles. The summed E-state index contributed by atoms with van der Waals surface area (Å²) < 4.78 is 13.2. The van der Waals surface area contributed by atoms with Crippen LogP contribution in [-0.4, -0.2) is 5.78 Å². The zero-order valence-electron chi connectivity index (χ0n) is 8.95. The third kappa shape index (κ3) is 1.34. The van der Waals surface area contributed by atoms with Crippen molar-refractivity contribution in [1.82, 2.24) is 0 Å². The largest absolute Gasteiger partial charge is 0.396 e.